The van der Waals surface area contributed by atoms with Crippen molar-refractivity contribution >= 4 is 11.8 Å². The Morgan fingerprint density at radius 1 is 1.36 bits per heavy atom. The summed E-state index contributed by atoms with van der Waals surface area (Å²) in [5, 5.41) is 11.4. The first-order valence-corrected chi connectivity index (χ1v) is 4.16. The van der Waals surface area contributed by atoms with Crippen LogP contribution < -0.4 is 5.32 Å². The average molecular weight is 193 g/mol. The van der Waals surface area contributed by atoms with E-state index in [1.54, 1.807) is 19.2 Å². The van der Waals surface area contributed by atoms with Crippen molar-refractivity contribution in [2.45, 2.75) is 0 Å². The van der Waals surface area contributed by atoms with E-state index >= 15 is 0 Å². The molecule has 1 aromatic carbocycles. The molecular formula is C10H11NO3. The molecule has 2 N–H and O–H groups in total. The standard InChI is InChI=1S/C10H11NO3/c1-11-6-9(12)7-3-2-4-8(5-7)10(13)14/h2-5,11H,6H2,1H3,(H,13,14). The average Bonchev–Trinajstić information content (AvgIpc) is 2.18. The van der Waals surface area contributed by atoms with Crippen LogP contribution in [0.4, 0.5) is 0 Å². The minimum absolute atomic E-state index is 0.115. The van der Waals surface area contributed by atoms with Gasteiger partial charge in [0.05, 0.1) is 12.1 Å². The van der Waals surface area contributed by atoms with Gasteiger partial charge < -0.3 is 10.4 Å². The summed E-state index contributed by atoms with van der Waals surface area (Å²) in [6.07, 6.45) is 0. The number of carboxylic acid groups (broad SMARTS) is 1. The van der Waals surface area contributed by atoms with Crippen LogP contribution in [0.3, 0.4) is 0 Å². The van der Waals surface area contributed by atoms with Gasteiger partial charge in [-0.05, 0) is 19.2 Å². The SMILES string of the molecule is CNCC(=O)c1cccc(C(=O)O)c1. The van der Waals surface area contributed by atoms with Crippen molar-refractivity contribution in [3.63, 3.8) is 0 Å². The van der Waals surface area contributed by atoms with Gasteiger partial charge in [-0.1, -0.05) is 12.1 Å². The second-order valence-corrected chi connectivity index (χ2v) is 2.84. The lowest BCUT2D eigenvalue weighted by molar-refractivity contribution is 0.0697. The molecule has 0 aliphatic carbocycles. The Hall–Kier alpha value is -1.68. The molecule has 1 rings (SSSR count). The molecule has 0 radical (unpaired) electrons. The van der Waals surface area contributed by atoms with E-state index in [1.165, 1.54) is 12.1 Å². The van der Waals surface area contributed by atoms with Crippen molar-refractivity contribution in [3.05, 3.63) is 35.4 Å². The Morgan fingerprint density at radius 2 is 2.00 bits per heavy atom. The minimum Gasteiger partial charge on any atom is -0.478 e. The quantitative estimate of drug-likeness (QED) is 0.694. The number of nitrogens with one attached hydrogen (secondary N) is 1. The summed E-state index contributed by atoms with van der Waals surface area (Å²) in [7, 11) is 1.67. The smallest absolute Gasteiger partial charge is 0.335 e. The van der Waals surface area contributed by atoms with Crippen LogP contribution in [0.2, 0.25) is 0 Å². The predicted octanol–water partition coefficient (Wildman–Crippen LogP) is 0.787. The number of hydrogen-bond acceptors (Lipinski definition) is 3. The number of benzene rings is 1. The van der Waals surface area contributed by atoms with Crippen LogP contribution in [-0.4, -0.2) is 30.5 Å². The van der Waals surface area contributed by atoms with Gasteiger partial charge in [0.2, 0.25) is 0 Å². The molecule has 0 spiro atoms. The van der Waals surface area contributed by atoms with Crippen LogP contribution in [0.25, 0.3) is 0 Å². The lowest BCUT2D eigenvalue weighted by atomic mass is 10.1. The highest BCUT2D eigenvalue weighted by Gasteiger charge is 2.07. The zero-order valence-electron chi connectivity index (χ0n) is 7.78. The Morgan fingerprint density at radius 3 is 2.57 bits per heavy atom. The van der Waals surface area contributed by atoms with Crippen molar-refractivity contribution < 1.29 is 14.7 Å². The zero-order chi connectivity index (χ0) is 10.6. The maximum atomic E-state index is 11.4. The Balaban J connectivity index is 2.93. The molecule has 0 aliphatic heterocycles. The fourth-order valence-electron chi connectivity index (χ4n) is 1.09. The van der Waals surface area contributed by atoms with Crippen LogP contribution in [0.15, 0.2) is 24.3 Å². The fraction of sp³-hybridized carbons (Fsp3) is 0.200. The Labute approximate surface area is 81.6 Å². The van der Waals surface area contributed by atoms with Crippen LogP contribution in [-0.2, 0) is 0 Å². The lowest BCUT2D eigenvalue weighted by Crippen LogP contribution is -2.18. The van der Waals surface area contributed by atoms with Gasteiger partial charge in [0.15, 0.2) is 5.78 Å². The van der Waals surface area contributed by atoms with Crippen LogP contribution >= 0.6 is 0 Å². The second kappa shape index (κ2) is 4.53. The van der Waals surface area contributed by atoms with Gasteiger partial charge in [0.1, 0.15) is 0 Å². The van der Waals surface area contributed by atoms with Crippen molar-refractivity contribution in [2.24, 2.45) is 0 Å². The number of carbonyl (C=O) groups is 2. The number of hydrogen-bond donors (Lipinski definition) is 2. The zero-order valence-corrected chi connectivity index (χ0v) is 7.78. The summed E-state index contributed by atoms with van der Waals surface area (Å²) < 4.78 is 0. The number of Topliss-reactive ketones (excluding diaryl/α,β-unsaturated/α-hetero) is 1. The molecular weight excluding hydrogens is 182 g/mol. The molecule has 1 aromatic rings. The van der Waals surface area contributed by atoms with Gasteiger partial charge in [-0.3, -0.25) is 4.79 Å². The summed E-state index contributed by atoms with van der Waals surface area (Å²) in [4.78, 5) is 22.0. The Bertz CT molecular complexity index is 360. The van der Waals surface area contributed by atoms with Gasteiger partial charge in [0.25, 0.3) is 0 Å². The minimum atomic E-state index is -1.02. The molecule has 14 heavy (non-hydrogen) atoms. The number of aromatic carboxylic acids is 1. The molecule has 0 saturated heterocycles. The first-order chi connectivity index (χ1) is 6.65. The van der Waals surface area contributed by atoms with Crippen LogP contribution in [0.1, 0.15) is 20.7 Å². The highest BCUT2D eigenvalue weighted by atomic mass is 16.4. The van der Waals surface area contributed by atoms with Gasteiger partial charge in [-0.15, -0.1) is 0 Å². The molecule has 0 aliphatic rings. The van der Waals surface area contributed by atoms with Gasteiger partial charge in [-0.2, -0.15) is 0 Å². The van der Waals surface area contributed by atoms with Crippen molar-refractivity contribution in [3.8, 4) is 0 Å². The number of likely N-dealkylation sites (N-methyl/N-ethyl adjacent to an activating group) is 1. The maximum Gasteiger partial charge on any atom is 0.335 e. The van der Waals surface area contributed by atoms with E-state index in [2.05, 4.69) is 5.32 Å². The van der Waals surface area contributed by atoms with Gasteiger partial charge in [-0.25, -0.2) is 4.79 Å². The monoisotopic (exact) mass is 193 g/mol. The number of rotatable bonds is 4. The normalized spacial score (nSPS) is 9.79. The van der Waals surface area contributed by atoms with Crippen molar-refractivity contribution in [1.29, 1.82) is 0 Å². The summed E-state index contributed by atoms with van der Waals surface area (Å²) in [6.45, 7) is 0.211. The maximum absolute atomic E-state index is 11.4. The molecule has 0 fully saturated rings. The molecule has 0 amide bonds. The molecule has 4 nitrogen and oxygen atoms in total. The van der Waals surface area contributed by atoms with Crippen LogP contribution in [0, 0.1) is 0 Å². The van der Waals surface area contributed by atoms with E-state index in [-0.39, 0.29) is 17.9 Å². The molecule has 4 heteroatoms. The van der Waals surface area contributed by atoms with E-state index in [0.29, 0.717) is 5.56 Å². The van der Waals surface area contributed by atoms with E-state index in [9.17, 15) is 9.59 Å². The molecule has 0 aromatic heterocycles. The third kappa shape index (κ3) is 2.40. The summed E-state index contributed by atoms with van der Waals surface area (Å²) in [5.74, 6) is -1.14. The Kier molecular flexibility index (Phi) is 3.36. The van der Waals surface area contributed by atoms with E-state index < -0.39 is 5.97 Å². The molecule has 0 heterocycles. The highest BCUT2D eigenvalue weighted by Crippen LogP contribution is 2.05. The van der Waals surface area contributed by atoms with E-state index in [0.717, 1.165) is 0 Å². The number of ketones is 1. The van der Waals surface area contributed by atoms with Crippen molar-refractivity contribution in [2.75, 3.05) is 13.6 Å². The molecule has 0 atom stereocenters. The lowest BCUT2D eigenvalue weighted by Gasteiger charge is -2.00. The summed E-state index contributed by atoms with van der Waals surface area (Å²) in [5.41, 5.74) is 0.547. The predicted molar refractivity (Wildman–Crippen MR) is 51.7 cm³/mol. The third-order valence-corrected chi connectivity index (χ3v) is 1.77. The van der Waals surface area contributed by atoms with Gasteiger partial charge >= 0.3 is 5.97 Å². The number of carboxylic acids is 1. The highest BCUT2D eigenvalue weighted by molar-refractivity contribution is 5.99. The number of carbonyl (C=O) groups excluding carboxylic acids is 1. The van der Waals surface area contributed by atoms with E-state index in [4.69, 9.17) is 5.11 Å². The van der Waals surface area contributed by atoms with Crippen LogP contribution in [0.5, 0.6) is 0 Å². The van der Waals surface area contributed by atoms with Gasteiger partial charge in [0, 0.05) is 5.56 Å². The molecule has 0 saturated carbocycles. The first-order valence-electron chi connectivity index (χ1n) is 4.16. The first kappa shape index (κ1) is 10.4. The van der Waals surface area contributed by atoms with E-state index in [1.807, 2.05) is 0 Å². The second-order valence-electron chi connectivity index (χ2n) is 2.84. The topological polar surface area (TPSA) is 66.4 Å². The largest absolute Gasteiger partial charge is 0.478 e. The fourth-order valence-corrected chi connectivity index (χ4v) is 1.09. The summed E-state index contributed by atoms with van der Waals surface area (Å²) in [6, 6.07) is 6.00. The molecule has 0 unspecified atom stereocenters. The molecule has 0 bridgehead atoms. The third-order valence-electron chi connectivity index (χ3n) is 1.77. The van der Waals surface area contributed by atoms with Crippen molar-refractivity contribution in [1.82, 2.24) is 5.32 Å². The summed E-state index contributed by atoms with van der Waals surface area (Å²) >= 11 is 0. The molecule has 74 valence electrons.